The molecule has 0 aromatic carbocycles. The van der Waals surface area contributed by atoms with Gasteiger partial charge in [0.25, 0.3) is 0 Å². The van der Waals surface area contributed by atoms with Gasteiger partial charge in [-0.15, -0.1) is 0 Å². The van der Waals surface area contributed by atoms with Gasteiger partial charge in [-0.05, 0) is 6.07 Å². The fraction of sp³-hybridized carbons (Fsp3) is 0.333. The van der Waals surface area contributed by atoms with Crippen LogP contribution in [0.3, 0.4) is 0 Å². The molecule has 0 saturated heterocycles. The summed E-state index contributed by atoms with van der Waals surface area (Å²) in [6.07, 6.45) is 7.01. The smallest absolute Gasteiger partial charge is 0.241 e. The molecule has 0 aliphatic carbocycles. The van der Waals surface area contributed by atoms with E-state index in [0.29, 0.717) is 13.1 Å². The second-order valence-electron chi connectivity index (χ2n) is 2.71. The summed E-state index contributed by atoms with van der Waals surface area (Å²) in [4.78, 5) is 11.2. The fourth-order valence-corrected chi connectivity index (χ4v) is 0.949. The van der Waals surface area contributed by atoms with Crippen molar-refractivity contribution >= 4 is 5.91 Å². The monoisotopic (exact) mass is 194 g/mol. The van der Waals surface area contributed by atoms with E-state index < -0.39 is 0 Å². The Balaban J connectivity index is 2.20. The highest BCUT2D eigenvalue weighted by Crippen LogP contribution is 1.83. The molecule has 0 bridgehead atoms. The molecule has 1 aromatic heterocycles. The van der Waals surface area contributed by atoms with Crippen LogP contribution in [0.1, 0.15) is 0 Å². The van der Waals surface area contributed by atoms with Gasteiger partial charge in [-0.3, -0.25) is 9.48 Å². The summed E-state index contributed by atoms with van der Waals surface area (Å²) in [5, 5.41) is 6.63. The maximum absolute atomic E-state index is 11.2. The molecule has 0 atom stereocenters. The van der Waals surface area contributed by atoms with Crippen LogP contribution in [-0.2, 0) is 11.3 Å². The van der Waals surface area contributed by atoms with E-state index in [1.54, 1.807) is 29.2 Å². The first-order valence-corrected chi connectivity index (χ1v) is 4.42. The van der Waals surface area contributed by atoms with E-state index in [-0.39, 0.29) is 12.5 Å². The van der Waals surface area contributed by atoms with Crippen molar-refractivity contribution in [3.63, 3.8) is 0 Å². The number of aromatic nitrogens is 2. The van der Waals surface area contributed by atoms with Gasteiger partial charge < -0.3 is 11.1 Å². The molecule has 14 heavy (non-hydrogen) atoms. The van der Waals surface area contributed by atoms with Crippen LogP contribution in [0, 0.1) is 0 Å². The van der Waals surface area contributed by atoms with E-state index in [9.17, 15) is 4.79 Å². The molecule has 0 aliphatic rings. The van der Waals surface area contributed by atoms with Gasteiger partial charge in [0.2, 0.25) is 5.91 Å². The van der Waals surface area contributed by atoms with Crippen molar-refractivity contribution in [3.8, 4) is 0 Å². The van der Waals surface area contributed by atoms with Crippen molar-refractivity contribution < 1.29 is 4.79 Å². The summed E-state index contributed by atoms with van der Waals surface area (Å²) in [7, 11) is 0. The third-order valence-corrected chi connectivity index (χ3v) is 1.58. The van der Waals surface area contributed by atoms with E-state index in [0.717, 1.165) is 0 Å². The number of hydrogen-bond acceptors (Lipinski definition) is 3. The molecule has 5 nitrogen and oxygen atoms in total. The van der Waals surface area contributed by atoms with Crippen molar-refractivity contribution in [1.82, 2.24) is 15.1 Å². The highest BCUT2D eigenvalue weighted by Gasteiger charge is 1.99. The summed E-state index contributed by atoms with van der Waals surface area (Å²) in [5.41, 5.74) is 5.24. The Hall–Kier alpha value is -1.62. The maximum atomic E-state index is 11.2. The predicted octanol–water partition coefficient (Wildman–Crippen LogP) is -0.486. The molecule has 0 aliphatic heterocycles. The first-order valence-electron chi connectivity index (χ1n) is 4.42. The van der Waals surface area contributed by atoms with Gasteiger partial charge in [-0.25, -0.2) is 0 Å². The summed E-state index contributed by atoms with van der Waals surface area (Å²) < 4.78 is 1.57. The first-order chi connectivity index (χ1) is 6.83. The molecule has 0 saturated carbocycles. The zero-order valence-corrected chi connectivity index (χ0v) is 7.89. The fourth-order valence-electron chi connectivity index (χ4n) is 0.949. The van der Waals surface area contributed by atoms with Gasteiger partial charge in [-0.1, -0.05) is 12.2 Å². The number of nitrogens with one attached hydrogen (secondary N) is 1. The van der Waals surface area contributed by atoms with Crippen molar-refractivity contribution in [3.05, 3.63) is 30.6 Å². The molecule has 1 heterocycles. The van der Waals surface area contributed by atoms with Crippen LogP contribution in [0.5, 0.6) is 0 Å². The molecule has 5 heteroatoms. The molecule has 1 rings (SSSR count). The van der Waals surface area contributed by atoms with Gasteiger partial charge in [-0.2, -0.15) is 5.10 Å². The number of carbonyl (C=O) groups excluding carboxylic acids is 1. The number of nitrogens with zero attached hydrogens (tertiary/aromatic N) is 2. The summed E-state index contributed by atoms with van der Waals surface area (Å²) in [5.74, 6) is -0.0598. The Kier molecular flexibility index (Phi) is 4.43. The largest absolute Gasteiger partial charge is 0.351 e. The number of rotatable bonds is 5. The van der Waals surface area contributed by atoms with Crippen LogP contribution in [0.25, 0.3) is 0 Å². The van der Waals surface area contributed by atoms with Crippen LogP contribution in [0.15, 0.2) is 30.6 Å². The molecule has 0 unspecified atom stereocenters. The zero-order valence-electron chi connectivity index (χ0n) is 7.89. The standard InChI is InChI=1S/C9H14N4O/c10-4-1-2-5-11-9(14)8-13-7-3-6-12-13/h1-3,6-7H,4-5,8,10H2,(H,11,14)/b2-1+. The maximum Gasteiger partial charge on any atom is 0.241 e. The van der Waals surface area contributed by atoms with Crippen LogP contribution in [0.2, 0.25) is 0 Å². The second-order valence-corrected chi connectivity index (χ2v) is 2.71. The average Bonchev–Trinajstić information content (AvgIpc) is 2.65. The van der Waals surface area contributed by atoms with E-state index in [1.165, 1.54) is 0 Å². The third-order valence-electron chi connectivity index (χ3n) is 1.58. The summed E-state index contributed by atoms with van der Waals surface area (Å²) in [6, 6.07) is 1.78. The molecular weight excluding hydrogens is 180 g/mol. The van der Waals surface area contributed by atoms with Gasteiger partial charge in [0.1, 0.15) is 6.54 Å². The lowest BCUT2D eigenvalue weighted by atomic mass is 10.4. The summed E-state index contributed by atoms with van der Waals surface area (Å²) >= 11 is 0. The predicted molar refractivity (Wildman–Crippen MR) is 53.4 cm³/mol. The molecule has 1 aromatic rings. The van der Waals surface area contributed by atoms with Crippen LogP contribution in [0.4, 0.5) is 0 Å². The Morgan fingerprint density at radius 1 is 1.57 bits per heavy atom. The van der Waals surface area contributed by atoms with Gasteiger partial charge in [0, 0.05) is 25.5 Å². The van der Waals surface area contributed by atoms with Crippen molar-refractivity contribution in [2.75, 3.05) is 13.1 Å². The number of hydrogen-bond donors (Lipinski definition) is 2. The van der Waals surface area contributed by atoms with E-state index in [4.69, 9.17) is 5.73 Å². The number of amides is 1. The van der Waals surface area contributed by atoms with Gasteiger partial charge in [0.05, 0.1) is 0 Å². The van der Waals surface area contributed by atoms with Gasteiger partial charge >= 0.3 is 0 Å². The van der Waals surface area contributed by atoms with E-state index in [2.05, 4.69) is 10.4 Å². The SMILES string of the molecule is NC/C=C/CNC(=O)Cn1cccn1. The Bertz CT molecular complexity index is 292. The number of carbonyl (C=O) groups is 1. The van der Waals surface area contributed by atoms with Crippen LogP contribution < -0.4 is 11.1 Å². The molecule has 76 valence electrons. The molecule has 0 fully saturated rings. The average molecular weight is 194 g/mol. The molecule has 1 amide bonds. The number of nitrogens with two attached hydrogens (primary N) is 1. The highest BCUT2D eigenvalue weighted by atomic mass is 16.2. The zero-order chi connectivity index (χ0) is 10.2. The minimum Gasteiger partial charge on any atom is -0.351 e. The topological polar surface area (TPSA) is 72.9 Å². The summed E-state index contributed by atoms with van der Waals surface area (Å²) in [6.45, 7) is 1.26. The third kappa shape index (κ3) is 3.86. The Morgan fingerprint density at radius 3 is 3.07 bits per heavy atom. The van der Waals surface area contributed by atoms with E-state index >= 15 is 0 Å². The van der Waals surface area contributed by atoms with E-state index in [1.807, 2.05) is 6.08 Å². The Labute approximate surface area is 82.6 Å². The van der Waals surface area contributed by atoms with Crippen LogP contribution >= 0.6 is 0 Å². The molecular formula is C9H14N4O. The normalized spacial score (nSPS) is 10.6. The minimum absolute atomic E-state index is 0.0598. The van der Waals surface area contributed by atoms with Crippen LogP contribution in [-0.4, -0.2) is 28.8 Å². The lowest BCUT2D eigenvalue weighted by Crippen LogP contribution is -2.27. The molecule has 0 radical (unpaired) electrons. The second kappa shape index (κ2) is 5.93. The lowest BCUT2D eigenvalue weighted by Gasteiger charge is -2.01. The molecule has 0 spiro atoms. The van der Waals surface area contributed by atoms with Crippen molar-refractivity contribution in [1.29, 1.82) is 0 Å². The lowest BCUT2D eigenvalue weighted by molar-refractivity contribution is -0.121. The minimum atomic E-state index is -0.0598. The highest BCUT2D eigenvalue weighted by molar-refractivity contribution is 5.75. The van der Waals surface area contributed by atoms with Crippen molar-refractivity contribution in [2.45, 2.75) is 6.54 Å². The Morgan fingerprint density at radius 2 is 2.43 bits per heavy atom. The molecule has 3 N–H and O–H groups in total. The van der Waals surface area contributed by atoms with Crippen molar-refractivity contribution in [2.24, 2.45) is 5.73 Å². The quantitative estimate of drug-likeness (QED) is 0.621. The van der Waals surface area contributed by atoms with Gasteiger partial charge in [0.15, 0.2) is 0 Å². The first kappa shape index (κ1) is 10.5.